The van der Waals surface area contributed by atoms with Gasteiger partial charge in [-0.05, 0) is 51.5 Å². The first-order valence-electron chi connectivity index (χ1n) is 6.90. The van der Waals surface area contributed by atoms with Gasteiger partial charge in [0.25, 0.3) is 0 Å². The molecule has 0 heterocycles. The van der Waals surface area contributed by atoms with Gasteiger partial charge in [0.1, 0.15) is 0 Å². The Kier molecular flexibility index (Phi) is 4.60. The first-order chi connectivity index (χ1) is 8.25. The Balaban J connectivity index is 1.66. The fourth-order valence-electron chi connectivity index (χ4n) is 3.00. The first kappa shape index (κ1) is 12.6. The molecule has 0 aromatic carbocycles. The monoisotopic (exact) mass is 237 g/mol. The molecule has 2 aliphatic rings. The van der Waals surface area contributed by atoms with Crippen molar-refractivity contribution in [3.63, 3.8) is 0 Å². The van der Waals surface area contributed by atoms with E-state index < -0.39 is 5.97 Å². The second-order valence-corrected chi connectivity index (χ2v) is 5.36. The Morgan fingerprint density at radius 2 is 2.29 bits per heavy atom. The summed E-state index contributed by atoms with van der Waals surface area (Å²) in [6.07, 6.45) is 11.2. The summed E-state index contributed by atoms with van der Waals surface area (Å²) in [6.45, 7) is 1.02. The second kappa shape index (κ2) is 6.20. The Morgan fingerprint density at radius 1 is 1.41 bits per heavy atom. The minimum absolute atomic E-state index is 0.119. The van der Waals surface area contributed by atoms with E-state index in [-0.39, 0.29) is 5.92 Å². The van der Waals surface area contributed by atoms with Crippen LogP contribution in [-0.4, -0.2) is 23.7 Å². The van der Waals surface area contributed by atoms with Crippen molar-refractivity contribution in [3.05, 3.63) is 11.6 Å². The van der Waals surface area contributed by atoms with Gasteiger partial charge in [-0.2, -0.15) is 0 Å². The molecule has 0 bridgehead atoms. The second-order valence-electron chi connectivity index (χ2n) is 5.36. The van der Waals surface area contributed by atoms with Gasteiger partial charge < -0.3 is 10.4 Å². The summed E-state index contributed by atoms with van der Waals surface area (Å²) >= 11 is 0. The average Bonchev–Trinajstić information content (AvgIpc) is 2.82. The van der Waals surface area contributed by atoms with Gasteiger partial charge in [-0.15, -0.1) is 0 Å². The van der Waals surface area contributed by atoms with Crippen molar-refractivity contribution >= 4 is 5.97 Å². The lowest BCUT2D eigenvalue weighted by Crippen LogP contribution is -2.36. The maximum atomic E-state index is 10.9. The summed E-state index contributed by atoms with van der Waals surface area (Å²) in [7, 11) is 0. The average molecular weight is 237 g/mol. The van der Waals surface area contributed by atoms with Crippen molar-refractivity contribution in [2.75, 3.05) is 6.54 Å². The molecule has 0 amide bonds. The smallest absolute Gasteiger partial charge is 0.306 e. The molecule has 2 atom stereocenters. The number of carbonyl (C=O) groups is 1. The number of hydrogen-bond donors (Lipinski definition) is 2. The molecular formula is C14H23NO2. The zero-order valence-electron chi connectivity index (χ0n) is 10.5. The van der Waals surface area contributed by atoms with Crippen LogP contribution in [0.4, 0.5) is 0 Å². The van der Waals surface area contributed by atoms with Crippen molar-refractivity contribution < 1.29 is 9.90 Å². The van der Waals surface area contributed by atoms with E-state index in [2.05, 4.69) is 11.4 Å². The fraction of sp³-hybridized carbons (Fsp3) is 0.786. The van der Waals surface area contributed by atoms with E-state index in [1.54, 1.807) is 5.57 Å². The first-order valence-corrected chi connectivity index (χ1v) is 6.90. The van der Waals surface area contributed by atoms with Crippen LogP contribution in [0.1, 0.15) is 51.4 Å². The van der Waals surface area contributed by atoms with Gasteiger partial charge in [0.2, 0.25) is 0 Å². The van der Waals surface area contributed by atoms with Gasteiger partial charge in [-0.1, -0.05) is 18.1 Å². The zero-order chi connectivity index (χ0) is 12.1. The van der Waals surface area contributed by atoms with E-state index in [0.29, 0.717) is 6.04 Å². The highest BCUT2D eigenvalue weighted by Gasteiger charge is 2.26. The number of carboxylic acids is 1. The number of allylic oxidation sites excluding steroid dienone is 1. The number of hydrogen-bond acceptors (Lipinski definition) is 2. The zero-order valence-corrected chi connectivity index (χ0v) is 10.5. The minimum Gasteiger partial charge on any atom is -0.481 e. The number of carboxylic acid groups (broad SMARTS) is 1. The van der Waals surface area contributed by atoms with Gasteiger partial charge in [0.15, 0.2) is 0 Å². The Labute approximate surface area is 103 Å². The third-order valence-electron chi connectivity index (χ3n) is 4.04. The molecule has 1 fully saturated rings. The molecule has 0 radical (unpaired) electrons. The highest BCUT2D eigenvalue weighted by molar-refractivity contribution is 5.70. The highest BCUT2D eigenvalue weighted by atomic mass is 16.4. The van der Waals surface area contributed by atoms with Crippen LogP contribution in [0.3, 0.4) is 0 Å². The third-order valence-corrected chi connectivity index (χ3v) is 4.04. The van der Waals surface area contributed by atoms with E-state index in [1.807, 2.05) is 0 Å². The molecule has 17 heavy (non-hydrogen) atoms. The van der Waals surface area contributed by atoms with Crippen molar-refractivity contribution in [1.29, 1.82) is 0 Å². The summed E-state index contributed by atoms with van der Waals surface area (Å²) in [5.41, 5.74) is 1.59. The quantitative estimate of drug-likeness (QED) is 0.723. The molecule has 2 aliphatic carbocycles. The molecule has 2 N–H and O–H groups in total. The van der Waals surface area contributed by atoms with Gasteiger partial charge in [0, 0.05) is 6.04 Å². The van der Waals surface area contributed by atoms with Crippen LogP contribution in [0.25, 0.3) is 0 Å². The van der Waals surface area contributed by atoms with Crippen LogP contribution in [0, 0.1) is 5.92 Å². The van der Waals surface area contributed by atoms with Gasteiger partial charge in [0.05, 0.1) is 5.92 Å². The van der Waals surface area contributed by atoms with Crippen molar-refractivity contribution in [2.24, 2.45) is 5.92 Å². The maximum absolute atomic E-state index is 10.9. The Morgan fingerprint density at radius 3 is 3.00 bits per heavy atom. The Hall–Kier alpha value is -0.830. The molecule has 0 spiro atoms. The van der Waals surface area contributed by atoms with E-state index >= 15 is 0 Å². The maximum Gasteiger partial charge on any atom is 0.306 e. The van der Waals surface area contributed by atoms with Crippen LogP contribution in [0.15, 0.2) is 11.6 Å². The van der Waals surface area contributed by atoms with Crippen LogP contribution in [0.2, 0.25) is 0 Å². The standard InChI is InChI=1S/C14H23NO2/c16-14(17)12-6-3-7-13(10-12)15-9-8-11-4-1-2-5-11/h4,12-13,15H,1-3,5-10H2,(H,16,17). The lowest BCUT2D eigenvalue weighted by Gasteiger charge is -2.27. The molecule has 2 rings (SSSR count). The molecule has 96 valence electrons. The summed E-state index contributed by atoms with van der Waals surface area (Å²) in [5, 5.41) is 12.5. The summed E-state index contributed by atoms with van der Waals surface area (Å²) in [6, 6.07) is 0.423. The SMILES string of the molecule is O=C(O)C1CCCC(NCCC2=CCCC2)C1. The topological polar surface area (TPSA) is 49.3 Å². The van der Waals surface area contributed by atoms with E-state index in [4.69, 9.17) is 5.11 Å². The number of rotatable bonds is 5. The lowest BCUT2D eigenvalue weighted by molar-refractivity contribution is -0.143. The molecule has 2 unspecified atom stereocenters. The predicted octanol–water partition coefficient (Wildman–Crippen LogP) is 2.72. The van der Waals surface area contributed by atoms with Crippen molar-refractivity contribution in [3.8, 4) is 0 Å². The fourth-order valence-corrected chi connectivity index (χ4v) is 3.00. The largest absolute Gasteiger partial charge is 0.481 e. The van der Waals surface area contributed by atoms with E-state index in [9.17, 15) is 4.79 Å². The van der Waals surface area contributed by atoms with Crippen LogP contribution in [-0.2, 0) is 4.79 Å². The highest BCUT2D eigenvalue weighted by Crippen LogP contribution is 2.25. The molecular weight excluding hydrogens is 214 g/mol. The summed E-state index contributed by atoms with van der Waals surface area (Å²) in [4.78, 5) is 10.9. The lowest BCUT2D eigenvalue weighted by atomic mass is 9.86. The van der Waals surface area contributed by atoms with E-state index in [0.717, 1.165) is 38.6 Å². The molecule has 1 saturated carbocycles. The van der Waals surface area contributed by atoms with Crippen LogP contribution >= 0.6 is 0 Å². The summed E-state index contributed by atoms with van der Waals surface area (Å²) in [5.74, 6) is -0.734. The summed E-state index contributed by atoms with van der Waals surface area (Å²) < 4.78 is 0. The van der Waals surface area contributed by atoms with Crippen molar-refractivity contribution in [1.82, 2.24) is 5.32 Å². The number of aliphatic carboxylic acids is 1. The van der Waals surface area contributed by atoms with Gasteiger partial charge in [-0.25, -0.2) is 0 Å². The molecule has 3 heteroatoms. The normalized spacial score (nSPS) is 29.1. The molecule has 0 aliphatic heterocycles. The van der Waals surface area contributed by atoms with Gasteiger partial charge >= 0.3 is 5.97 Å². The molecule has 0 saturated heterocycles. The Bertz CT molecular complexity index is 299. The minimum atomic E-state index is -0.616. The number of nitrogens with one attached hydrogen (secondary N) is 1. The predicted molar refractivity (Wildman–Crippen MR) is 67.9 cm³/mol. The molecule has 0 aromatic heterocycles. The molecule has 0 aromatic rings. The molecule has 3 nitrogen and oxygen atoms in total. The van der Waals surface area contributed by atoms with E-state index in [1.165, 1.54) is 19.3 Å². The van der Waals surface area contributed by atoms with Crippen LogP contribution in [0.5, 0.6) is 0 Å². The van der Waals surface area contributed by atoms with Crippen molar-refractivity contribution in [2.45, 2.75) is 57.4 Å². The third kappa shape index (κ3) is 3.84. The van der Waals surface area contributed by atoms with Crippen LogP contribution < -0.4 is 5.32 Å². The van der Waals surface area contributed by atoms with Gasteiger partial charge in [-0.3, -0.25) is 4.79 Å².